The molecule has 0 aliphatic heterocycles. The average Bonchev–Trinajstić information content (AvgIpc) is 3.12. The van der Waals surface area contributed by atoms with Crippen LogP contribution in [0.2, 0.25) is 0 Å². The topological polar surface area (TPSA) is 12.0 Å². The summed E-state index contributed by atoms with van der Waals surface area (Å²) in [6, 6.07) is 12.1. The highest BCUT2D eigenvalue weighted by molar-refractivity contribution is 5.32. The molecule has 0 amide bonds. The SMILES string of the molecule is c1ccc(C2(CNC3CC3)CC3(CCCC3)C2)cc1. The van der Waals surface area contributed by atoms with E-state index in [-0.39, 0.29) is 0 Å². The maximum atomic E-state index is 3.80. The van der Waals surface area contributed by atoms with E-state index < -0.39 is 0 Å². The highest BCUT2D eigenvalue weighted by Crippen LogP contribution is 2.62. The van der Waals surface area contributed by atoms with E-state index in [0.717, 1.165) is 11.5 Å². The van der Waals surface area contributed by atoms with E-state index in [4.69, 9.17) is 0 Å². The summed E-state index contributed by atoms with van der Waals surface area (Å²) in [5, 5.41) is 3.80. The summed E-state index contributed by atoms with van der Waals surface area (Å²) >= 11 is 0. The summed E-state index contributed by atoms with van der Waals surface area (Å²) in [7, 11) is 0. The Hall–Kier alpha value is -0.820. The Morgan fingerprint density at radius 1 is 1.00 bits per heavy atom. The molecule has 0 bridgehead atoms. The van der Waals surface area contributed by atoms with Gasteiger partial charge in [0.05, 0.1) is 0 Å². The molecule has 0 radical (unpaired) electrons. The molecule has 1 aromatic carbocycles. The molecule has 0 saturated heterocycles. The number of hydrogen-bond acceptors (Lipinski definition) is 1. The minimum absolute atomic E-state index is 0.453. The maximum Gasteiger partial charge on any atom is 0.00884 e. The lowest BCUT2D eigenvalue weighted by Gasteiger charge is -2.56. The van der Waals surface area contributed by atoms with E-state index in [1.54, 1.807) is 5.56 Å². The third-order valence-electron chi connectivity index (χ3n) is 5.78. The predicted octanol–water partition coefficient (Wildman–Crippen LogP) is 4.03. The average molecular weight is 255 g/mol. The molecule has 19 heavy (non-hydrogen) atoms. The van der Waals surface area contributed by atoms with E-state index in [1.807, 2.05) is 0 Å². The Morgan fingerprint density at radius 3 is 2.32 bits per heavy atom. The zero-order chi connectivity index (χ0) is 12.8. The van der Waals surface area contributed by atoms with E-state index in [1.165, 1.54) is 57.9 Å². The van der Waals surface area contributed by atoms with Gasteiger partial charge in [0, 0.05) is 18.0 Å². The molecule has 1 aromatic rings. The van der Waals surface area contributed by atoms with Crippen LogP contribution in [0.1, 0.15) is 56.9 Å². The zero-order valence-electron chi connectivity index (χ0n) is 11.8. The van der Waals surface area contributed by atoms with Crippen molar-refractivity contribution in [3.63, 3.8) is 0 Å². The second-order valence-electron chi connectivity index (χ2n) is 7.36. The van der Waals surface area contributed by atoms with Gasteiger partial charge in [-0.05, 0) is 49.5 Å². The Bertz CT molecular complexity index is 432. The second kappa shape index (κ2) is 4.34. The summed E-state index contributed by atoms with van der Waals surface area (Å²) in [4.78, 5) is 0. The predicted molar refractivity (Wildman–Crippen MR) is 79.3 cm³/mol. The number of rotatable bonds is 4. The molecule has 0 aromatic heterocycles. The Balaban J connectivity index is 1.54. The van der Waals surface area contributed by atoms with Gasteiger partial charge < -0.3 is 5.32 Å². The van der Waals surface area contributed by atoms with Gasteiger partial charge in [-0.25, -0.2) is 0 Å². The molecule has 1 heteroatoms. The molecule has 3 saturated carbocycles. The van der Waals surface area contributed by atoms with Crippen LogP contribution in [-0.2, 0) is 5.41 Å². The van der Waals surface area contributed by atoms with Crippen LogP contribution in [0.3, 0.4) is 0 Å². The summed E-state index contributed by atoms with van der Waals surface area (Å²) in [6.45, 7) is 1.21. The molecule has 102 valence electrons. The van der Waals surface area contributed by atoms with Crippen molar-refractivity contribution in [2.24, 2.45) is 5.41 Å². The van der Waals surface area contributed by atoms with Gasteiger partial charge in [0.25, 0.3) is 0 Å². The van der Waals surface area contributed by atoms with Gasteiger partial charge in [0.2, 0.25) is 0 Å². The second-order valence-corrected chi connectivity index (χ2v) is 7.36. The Morgan fingerprint density at radius 2 is 1.68 bits per heavy atom. The van der Waals surface area contributed by atoms with Crippen molar-refractivity contribution in [2.75, 3.05) is 6.54 Å². The minimum Gasteiger partial charge on any atom is -0.313 e. The van der Waals surface area contributed by atoms with Crippen LogP contribution in [0.4, 0.5) is 0 Å². The molecule has 3 fully saturated rings. The van der Waals surface area contributed by atoms with Gasteiger partial charge in [-0.3, -0.25) is 0 Å². The van der Waals surface area contributed by atoms with E-state index in [9.17, 15) is 0 Å². The highest BCUT2D eigenvalue weighted by Gasteiger charge is 2.55. The molecular weight excluding hydrogens is 230 g/mol. The van der Waals surface area contributed by atoms with E-state index in [2.05, 4.69) is 35.6 Å². The lowest BCUT2D eigenvalue weighted by atomic mass is 9.49. The smallest absolute Gasteiger partial charge is 0.00884 e. The van der Waals surface area contributed by atoms with Gasteiger partial charge in [0.1, 0.15) is 0 Å². The van der Waals surface area contributed by atoms with Crippen molar-refractivity contribution < 1.29 is 0 Å². The standard InChI is InChI=1S/C18H25N/c1-2-6-15(7-3-1)18(14-19-16-8-9-16)12-17(13-18)10-4-5-11-17/h1-3,6-7,16,19H,4-5,8-14H2. The fourth-order valence-corrected chi connectivity index (χ4v) is 4.71. The summed E-state index contributed by atoms with van der Waals surface area (Å²) in [6.07, 6.45) is 11.6. The molecule has 3 aliphatic rings. The molecule has 1 spiro atoms. The van der Waals surface area contributed by atoms with Crippen molar-refractivity contribution >= 4 is 0 Å². The quantitative estimate of drug-likeness (QED) is 0.856. The van der Waals surface area contributed by atoms with Gasteiger partial charge in [-0.1, -0.05) is 43.2 Å². The molecule has 1 nitrogen and oxygen atoms in total. The van der Waals surface area contributed by atoms with Gasteiger partial charge in [-0.2, -0.15) is 0 Å². The first-order chi connectivity index (χ1) is 9.30. The molecule has 4 rings (SSSR count). The van der Waals surface area contributed by atoms with Gasteiger partial charge in [-0.15, -0.1) is 0 Å². The van der Waals surface area contributed by atoms with E-state index >= 15 is 0 Å². The summed E-state index contributed by atoms with van der Waals surface area (Å²) in [5.74, 6) is 0. The van der Waals surface area contributed by atoms with Gasteiger partial charge >= 0.3 is 0 Å². The fraction of sp³-hybridized carbons (Fsp3) is 0.667. The van der Waals surface area contributed by atoms with Crippen LogP contribution in [-0.4, -0.2) is 12.6 Å². The summed E-state index contributed by atoms with van der Waals surface area (Å²) in [5.41, 5.74) is 2.76. The molecule has 0 atom stereocenters. The maximum absolute atomic E-state index is 3.80. The monoisotopic (exact) mass is 255 g/mol. The third-order valence-corrected chi connectivity index (χ3v) is 5.78. The van der Waals surface area contributed by atoms with Crippen LogP contribution in [0.15, 0.2) is 30.3 Å². The van der Waals surface area contributed by atoms with Crippen LogP contribution >= 0.6 is 0 Å². The fourth-order valence-electron chi connectivity index (χ4n) is 4.71. The third kappa shape index (κ3) is 2.12. The lowest BCUT2D eigenvalue weighted by molar-refractivity contribution is 0.0267. The molecule has 3 aliphatic carbocycles. The normalized spacial score (nSPS) is 27.4. The molecular formula is C18H25N. The van der Waals surface area contributed by atoms with Crippen molar-refractivity contribution in [3.8, 4) is 0 Å². The first-order valence-electron chi connectivity index (χ1n) is 8.09. The van der Waals surface area contributed by atoms with Crippen LogP contribution < -0.4 is 5.32 Å². The van der Waals surface area contributed by atoms with Crippen molar-refractivity contribution in [2.45, 2.75) is 62.8 Å². The summed E-state index contributed by atoms with van der Waals surface area (Å²) < 4.78 is 0. The lowest BCUT2D eigenvalue weighted by Crippen LogP contribution is -2.54. The number of hydrogen-bond donors (Lipinski definition) is 1. The Kier molecular flexibility index (Phi) is 2.73. The Labute approximate surface area is 116 Å². The molecule has 0 heterocycles. The van der Waals surface area contributed by atoms with Crippen LogP contribution in [0.25, 0.3) is 0 Å². The van der Waals surface area contributed by atoms with Crippen molar-refractivity contribution in [3.05, 3.63) is 35.9 Å². The molecule has 0 unspecified atom stereocenters. The minimum atomic E-state index is 0.453. The largest absolute Gasteiger partial charge is 0.313 e. The van der Waals surface area contributed by atoms with Crippen LogP contribution in [0.5, 0.6) is 0 Å². The number of nitrogens with one attached hydrogen (secondary N) is 1. The highest BCUT2D eigenvalue weighted by atomic mass is 15.0. The zero-order valence-corrected chi connectivity index (χ0v) is 11.8. The van der Waals surface area contributed by atoms with Gasteiger partial charge in [0.15, 0.2) is 0 Å². The van der Waals surface area contributed by atoms with E-state index in [0.29, 0.717) is 5.41 Å². The first kappa shape index (κ1) is 12.0. The first-order valence-corrected chi connectivity index (χ1v) is 8.09. The van der Waals surface area contributed by atoms with Crippen LogP contribution in [0, 0.1) is 5.41 Å². The number of benzene rings is 1. The van der Waals surface area contributed by atoms with Crippen molar-refractivity contribution in [1.29, 1.82) is 0 Å². The molecule has 1 N–H and O–H groups in total. The van der Waals surface area contributed by atoms with Crippen molar-refractivity contribution in [1.82, 2.24) is 5.32 Å².